The average Bonchev–Trinajstić information content (AvgIpc) is 2.13. The van der Waals surface area contributed by atoms with Gasteiger partial charge in [-0.2, -0.15) is 0 Å². The largest absolute Gasteiger partial charge is 0.517 e. The molecule has 16 heavy (non-hydrogen) atoms. The molecule has 0 saturated carbocycles. The van der Waals surface area contributed by atoms with Gasteiger partial charge < -0.3 is 4.43 Å². The maximum Gasteiger partial charge on any atom is 0.320 e. The van der Waals surface area contributed by atoms with E-state index in [1.165, 1.54) is 5.57 Å². The van der Waals surface area contributed by atoms with Crippen LogP contribution in [-0.4, -0.2) is 14.3 Å². The summed E-state index contributed by atoms with van der Waals surface area (Å²) in [6, 6.07) is 0. The molecule has 2 nitrogen and oxygen atoms in total. The number of rotatable bonds is 6. The minimum Gasteiger partial charge on any atom is -0.517 e. The summed E-state index contributed by atoms with van der Waals surface area (Å²) in [4.78, 5) is 11.9. The molecule has 0 N–H and O–H groups in total. The summed E-state index contributed by atoms with van der Waals surface area (Å²) in [6.07, 6.45) is 4.21. The van der Waals surface area contributed by atoms with Crippen molar-refractivity contribution in [2.45, 2.75) is 66.1 Å². The molecule has 0 aromatic carbocycles. The summed E-state index contributed by atoms with van der Waals surface area (Å²) in [5.41, 5.74) is 2.11. The van der Waals surface area contributed by atoms with Crippen LogP contribution in [0.2, 0.25) is 19.6 Å². The molecule has 0 bridgehead atoms. The Labute approximate surface area is 101 Å². The average molecular weight is 242 g/mol. The first-order valence-corrected chi connectivity index (χ1v) is 9.64. The van der Waals surface area contributed by atoms with Crippen LogP contribution in [0.4, 0.5) is 0 Å². The highest BCUT2D eigenvalue weighted by Gasteiger charge is 2.21. The standard InChI is InChI=1S/C13H26O2Si/c1-7-9-12(10-8-2)11(3)13(14)15-16(4,5)6/h7-10H2,1-6H3. The van der Waals surface area contributed by atoms with Crippen molar-refractivity contribution in [3.63, 3.8) is 0 Å². The molecule has 94 valence electrons. The highest BCUT2D eigenvalue weighted by molar-refractivity contribution is 6.71. The topological polar surface area (TPSA) is 26.3 Å². The van der Waals surface area contributed by atoms with E-state index >= 15 is 0 Å². The van der Waals surface area contributed by atoms with E-state index in [1.54, 1.807) is 0 Å². The van der Waals surface area contributed by atoms with Crippen molar-refractivity contribution in [3.05, 3.63) is 11.1 Å². The van der Waals surface area contributed by atoms with Gasteiger partial charge in [0.05, 0.1) is 0 Å². The maximum absolute atomic E-state index is 11.9. The zero-order chi connectivity index (χ0) is 12.8. The molecule has 0 aliphatic carbocycles. The van der Waals surface area contributed by atoms with Crippen molar-refractivity contribution < 1.29 is 9.22 Å². The summed E-state index contributed by atoms with van der Waals surface area (Å²) in [5, 5.41) is 0. The van der Waals surface area contributed by atoms with Gasteiger partial charge in [-0.05, 0) is 39.4 Å². The Kier molecular flexibility index (Phi) is 6.64. The second kappa shape index (κ2) is 6.89. The van der Waals surface area contributed by atoms with Crippen LogP contribution in [0, 0.1) is 0 Å². The molecule has 0 amide bonds. The van der Waals surface area contributed by atoms with E-state index in [1.807, 2.05) is 26.6 Å². The lowest BCUT2D eigenvalue weighted by molar-refractivity contribution is -0.130. The van der Waals surface area contributed by atoms with Crippen LogP contribution in [0.5, 0.6) is 0 Å². The molecule has 0 rings (SSSR count). The minimum atomic E-state index is -1.76. The Morgan fingerprint density at radius 1 is 1.06 bits per heavy atom. The third-order valence-corrected chi connectivity index (χ3v) is 3.14. The molecular weight excluding hydrogens is 216 g/mol. The number of allylic oxidation sites excluding steroid dienone is 1. The highest BCUT2D eigenvalue weighted by atomic mass is 28.4. The highest BCUT2D eigenvalue weighted by Crippen LogP contribution is 2.19. The molecule has 0 atom stereocenters. The molecule has 0 spiro atoms. The lowest BCUT2D eigenvalue weighted by atomic mass is 10.0. The Bertz CT molecular complexity index is 254. The van der Waals surface area contributed by atoms with Crippen LogP contribution in [-0.2, 0) is 9.22 Å². The Morgan fingerprint density at radius 3 is 1.81 bits per heavy atom. The van der Waals surface area contributed by atoms with Gasteiger partial charge in [-0.1, -0.05) is 32.3 Å². The molecule has 0 aromatic rings. The van der Waals surface area contributed by atoms with Crippen LogP contribution in [0.15, 0.2) is 11.1 Å². The van der Waals surface area contributed by atoms with Crippen molar-refractivity contribution in [2.75, 3.05) is 0 Å². The predicted octanol–water partition coefficient (Wildman–Crippen LogP) is 4.28. The molecule has 0 aliphatic rings. The molecule has 0 radical (unpaired) electrons. The van der Waals surface area contributed by atoms with E-state index in [0.29, 0.717) is 0 Å². The summed E-state index contributed by atoms with van der Waals surface area (Å²) >= 11 is 0. The van der Waals surface area contributed by atoms with Crippen LogP contribution < -0.4 is 0 Å². The van der Waals surface area contributed by atoms with Gasteiger partial charge in [0.25, 0.3) is 0 Å². The molecule has 0 saturated heterocycles. The van der Waals surface area contributed by atoms with Gasteiger partial charge in [-0.3, -0.25) is 0 Å². The molecule has 0 aromatic heterocycles. The fourth-order valence-electron chi connectivity index (χ4n) is 1.60. The smallest absolute Gasteiger partial charge is 0.320 e. The third kappa shape index (κ3) is 6.11. The normalized spacial score (nSPS) is 11.1. The SMILES string of the molecule is CCCC(CCC)=C(C)C(=O)O[Si](C)(C)C. The zero-order valence-corrected chi connectivity index (χ0v) is 12.6. The van der Waals surface area contributed by atoms with Crippen molar-refractivity contribution in [3.8, 4) is 0 Å². The van der Waals surface area contributed by atoms with E-state index in [-0.39, 0.29) is 5.97 Å². The lowest BCUT2D eigenvalue weighted by Crippen LogP contribution is -2.29. The van der Waals surface area contributed by atoms with Crippen LogP contribution in [0.25, 0.3) is 0 Å². The quantitative estimate of drug-likeness (QED) is 0.513. The number of carbonyl (C=O) groups is 1. The van der Waals surface area contributed by atoms with Gasteiger partial charge in [0.2, 0.25) is 8.32 Å². The van der Waals surface area contributed by atoms with Gasteiger partial charge >= 0.3 is 5.97 Å². The lowest BCUT2D eigenvalue weighted by Gasteiger charge is -2.19. The number of hydrogen-bond acceptors (Lipinski definition) is 2. The molecular formula is C13H26O2Si. The molecule has 0 heterocycles. The summed E-state index contributed by atoms with van der Waals surface area (Å²) < 4.78 is 5.52. The number of hydrogen-bond donors (Lipinski definition) is 0. The second-order valence-corrected chi connectivity index (χ2v) is 9.66. The van der Waals surface area contributed by atoms with E-state index in [9.17, 15) is 4.79 Å². The van der Waals surface area contributed by atoms with E-state index < -0.39 is 8.32 Å². The van der Waals surface area contributed by atoms with Gasteiger partial charge in [0.1, 0.15) is 0 Å². The first-order chi connectivity index (χ1) is 7.31. The zero-order valence-electron chi connectivity index (χ0n) is 11.6. The van der Waals surface area contributed by atoms with E-state index in [2.05, 4.69) is 13.8 Å². The molecule has 0 unspecified atom stereocenters. The number of carbonyl (C=O) groups excluding carboxylic acids is 1. The first kappa shape index (κ1) is 15.4. The Morgan fingerprint density at radius 2 is 1.50 bits per heavy atom. The fourth-order valence-corrected chi connectivity index (χ4v) is 2.31. The predicted molar refractivity (Wildman–Crippen MR) is 72.0 cm³/mol. The molecule has 3 heteroatoms. The summed E-state index contributed by atoms with van der Waals surface area (Å²) in [7, 11) is -1.76. The Balaban J connectivity index is 4.73. The second-order valence-electron chi connectivity index (χ2n) is 5.23. The van der Waals surface area contributed by atoms with Gasteiger partial charge in [-0.25, -0.2) is 4.79 Å². The van der Waals surface area contributed by atoms with Gasteiger partial charge in [0.15, 0.2) is 0 Å². The monoisotopic (exact) mass is 242 g/mol. The maximum atomic E-state index is 11.9. The van der Waals surface area contributed by atoms with Crippen LogP contribution >= 0.6 is 0 Å². The van der Waals surface area contributed by atoms with E-state index in [0.717, 1.165) is 31.3 Å². The first-order valence-electron chi connectivity index (χ1n) is 6.23. The Hall–Kier alpha value is -0.573. The summed E-state index contributed by atoms with van der Waals surface area (Å²) in [6.45, 7) is 12.3. The van der Waals surface area contributed by atoms with Crippen molar-refractivity contribution in [1.82, 2.24) is 0 Å². The van der Waals surface area contributed by atoms with E-state index in [4.69, 9.17) is 4.43 Å². The molecule has 0 aliphatic heterocycles. The molecule has 0 fully saturated rings. The minimum absolute atomic E-state index is 0.101. The van der Waals surface area contributed by atoms with Gasteiger partial charge in [0, 0.05) is 5.57 Å². The van der Waals surface area contributed by atoms with Crippen molar-refractivity contribution in [1.29, 1.82) is 0 Å². The van der Waals surface area contributed by atoms with Crippen molar-refractivity contribution >= 4 is 14.3 Å². The van der Waals surface area contributed by atoms with Crippen molar-refractivity contribution in [2.24, 2.45) is 0 Å². The van der Waals surface area contributed by atoms with Crippen LogP contribution in [0.1, 0.15) is 46.5 Å². The summed E-state index contributed by atoms with van der Waals surface area (Å²) in [5.74, 6) is -0.101. The van der Waals surface area contributed by atoms with Gasteiger partial charge in [-0.15, -0.1) is 0 Å². The third-order valence-electron chi connectivity index (χ3n) is 2.34. The fraction of sp³-hybridized carbons (Fsp3) is 0.769. The van der Waals surface area contributed by atoms with Crippen LogP contribution in [0.3, 0.4) is 0 Å².